The molecule has 0 heterocycles. The Kier molecular flexibility index (Phi) is 4.90. The lowest BCUT2D eigenvalue weighted by Crippen LogP contribution is -2.01. The Morgan fingerprint density at radius 3 is 2.19 bits per heavy atom. The average Bonchev–Trinajstić information content (AvgIpc) is 2.69. The van der Waals surface area contributed by atoms with Crippen molar-refractivity contribution in [3.05, 3.63) is 102 Å². The molecular weight excluding hydrogens is 340 g/mol. The molecule has 1 nitrogen and oxygen atoms in total. The summed E-state index contributed by atoms with van der Waals surface area (Å²) in [5.74, 6) is 0.836. The lowest BCUT2D eigenvalue weighted by molar-refractivity contribution is 0.326. The Hall–Kier alpha value is -2.77. The molecule has 0 aromatic heterocycles. The van der Waals surface area contributed by atoms with Gasteiger partial charge in [-0.25, -0.2) is 0 Å². The maximum absolute atomic E-state index is 6.34. The number of benzene rings is 4. The van der Waals surface area contributed by atoms with Crippen molar-refractivity contribution in [1.82, 2.24) is 0 Å². The predicted octanol–water partition coefficient (Wildman–Crippen LogP) is 6.78. The molecule has 0 aliphatic heterocycles. The summed E-state index contributed by atoms with van der Waals surface area (Å²) in [6.45, 7) is 0.625. The van der Waals surface area contributed by atoms with Crippen molar-refractivity contribution in [2.45, 2.75) is 6.42 Å². The summed E-state index contributed by atoms with van der Waals surface area (Å²) in [6, 6.07) is 31.0. The molecular formula is C24H19ClO. The standard InChI is InChI=1S/C24H19ClO/c25-22-16-21-15-20(19-9-5-2-6-10-19)11-12-23(21)24(17-22)26-14-13-18-7-3-1-4-8-18/h1-12,15-17H,13-14H2. The molecule has 0 atom stereocenters. The number of fused-ring (bicyclic) bond motifs is 1. The Balaban J connectivity index is 1.60. The Labute approximate surface area is 158 Å². The summed E-state index contributed by atoms with van der Waals surface area (Å²) in [5.41, 5.74) is 3.64. The fourth-order valence-corrected chi connectivity index (χ4v) is 3.37. The van der Waals surface area contributed by atoms with Crippen LogP contribution >= 0.6 is 11.6 Å². The first-order valence-corrected chi connectivity index (χ1v) is 9.13. The van der Waals surface area contributed by atoms with E-state index in [1.165, 1.54) is 16.7 Å². The molecule has 0 amide bonds. The second-order valence-electron chi connectivity index (χ2n) is 6.29. The van der Waals surface area contributed by atoms with Gasteiger partial charge < -0.3 is 4.74 Å². The van der Waals surface area contributed by atoms with Crippen LogP contribution in [0.2, 0.25) is 5.02 Å². The highest BCUT2D eigenvalue weighted by molar-refractivity contribution is 6.31. The van der Waals surface area contributed by atoms with E-state index in [4.69, 9.17) is 16.3 Å². The van der Waals surface area contributed by atoms with Crippen molar-refractivity contribution in [2.24, 2.45) is 0 Å². The smallest absolute Gasteiger partial charge is 0.128 e. The van der Waals surface area contributed by atoms with Crippen LogP contribution < -0.4 is 4.74 Å². The van der Waals surface area contributed by atoms with Gasteiger partial charge in [-0.1, -0.05) is 84.4 Å². The lowest BCUT2D eigenvalue weighted by atomic mass is 10.0. The number of halogens is 1. The minimum atomic E-state index is 0.625. The Morgan fingerprint density at radius 2 is 1.42 bits per heavy atom. The predicted molar refractivity (Wildman–Crippen MR) is 110 cm³/mol. The molecule has 0 aliphatic carbocycles. The van der Waals surface area contributed by atoms with Crippen molar-refractivity contribution < 1.29 is 4.74 Å². The van der Waals surface area contributed by atoms with Crippen LogP contribution in [0.25, 0.3) is 21.9 Å². The maximum atomic E-state index is 6.34. The highest BCUT2D eigenvalue weighted by atomic mass is 35.5. The van der Waals surface area contributed by atoms with Gasteiger partial charge in [0.1, 0.15) is 5.75 Å². The second kappa shape index (κ2) is 7.63. The van der Waals surface area contributed by atoms with E-state index in [2.05, 4.69) is 66.7 Å². The van der Waals surface area contributed by atoms with Gasteiger partial charge >= 0.3 is 0 Å². The average molecular weight is 359 g/mol. The van der Waals surface area contributed by atoms with Crippen LogP contribution in [0.15, 0.2) is 91.0 Å². The summed E-state index contributed by atoms with van der Waals surface area (Å²) in [6.07, 6.45) is 0.872. The first-order chi connectivity index (χ1) is 12.8. The molecule has 4 aromatic carbocycles. The van der Waals surface area contributed by atoms with E-state index in [9.17, 15) is 0 Å². The molecule has 4 rings (SSSR count). The molecule has 0 bridgehead atoms. The Bertz CT molecular complexity index is 1010. The highest BCUT2D eigenvalue weighted by Crippen LogP contribution is 2.33. The van der Waals surface area contributed by atoms with Crippen LogP contribution in [0.1, 0.15) is 5.56 Å². The van der Waals surface area contributed by atoms with Crippen LogP contribution in [0.4, 0.5) is 0 Å². The molecule has 0 radical (unpaired) electrons. The van der Waals surface area contributed by atoms with Gasteiger partial charge in [0, 0.05) is 16.8 Å². The summed E-state index contributed by atoms with van der Waals surface area (Å²) in [4.78, 5) is 0. The van der Waals surface area contributed by atoms with Crippen LogP contribution in [0.3, 0.4) is 0 Å². The number of hydrogen-bond donors (Lipinski definition) is 0. The van der Waals surface area contributed by atoms with Crippen molar-refractivity contribution in [1.29, 1.82) is 0 Å². The van der Waals surface area contributed by atoms with E-state index >= 15 is 0 Å². The van der Waals surface area contributed by atoms with E-state index in [1.54, 1.807) is 0 Å². The zero-order chi connectivity index (χ0) is 17.8. The lowest BCUT2D eigenvalue weighted by Gasteiger charge is -2.12. The minimum Gasteiger partial charge on any atom is -0.493 e. The molecule has 128 valence electrons. The molecule has 0 fully saturated rings. The quantitative estimate of drug-likeness (QED) is 0.382. The molecule has 0 spiro atoms. The molecule has 0 saturated heterocycles. The zero-order valence-corrected chi connectivity index (χ0v) is 15.1. The fourth-order valence-electron chi connectivity index (χ4n) is 3.15. The molecule has 4 aromatic rings. The molecule has 26 heavy (non-hydrogen) atoms. The first kappa shape index (κ1) is 16.7. The van der Waals surface area contributed by atoms with E-state index in [-0.39, 0.29) is 0 Å². The van der Waals surface area contributed by atoms with Gasteiger partial charge in [-0.2, -0.15) is 0 Å². The van der Waals surface area contributed by atoms with Crippen molar-refractivity contribution >= 4 is 22.4 Å². The molecule has 0 unspecified atom stereocenters. The third-order valence-electron chi connectivity index (χ3n) is 4.48. The summed E-state index contributed by atoms with van der Waals surface area (Å²) < 4.78 is 6.07. The van der Waals surface area contributed by atoms with Gasteiger partial charge in [-0.3, -0.25) is 0 Å². The van der Waals surface area contributed by atoms with Crippen LogP contribution in [0, 0.1) is 0 Å². The molecule has 0 aliphatic rings. The van der Waals surface area contributed by atoms with Gasteiger partial charge in [0.2, 0.25) is 0 Å². The van der Waals surface area contributed by atoms with E-state index in [0.717, 1.165) is 22.9 Å². The fraction of sp³-hybridized carbons (Fsp3) is 0.0833. The Morgan fingerprint density at radius 1 is 0.692 bits per heavy atom. The number of ether oxygens (including phenoxy) is 1. The van der Waals surface area contributed by atoms with E-state index in [0.29, 0.717) is 11.6 Å². The molecule has 2 heteroatoms. The summed E-state index contributed by atoms with van der Waals surface area (Å²) in [7, 11) is 0. The normalized spacial score (nSPS) is 10.8. The van der Waals surface area contributed by atoms with E-state index in [1.807, 2.05) is 24.3 Å². The topological polar surface area (TPSA) is 9.23 Å². The molecule has 0 saturated carbocycles. The van der Waals surface area contributed by atoms with Crippen LogP contribution in [0.5, 0.6) is 5.75 Å². The molecule has 0 N–H and O–H groups in total. The van der Waals surface area contributed by atoms with Gasteiger partial charge in [0.15, 0.2) is 0 Å². The van der Waals surface area contributed by atoms with Crippen LogP contribution in [-0.4, -0.2) is 6.61 Å². The van der Waals surface area contributed by atoms with Crippen LogP contribution in [-0.2, 0) is 6.42 Å². The first-order valence-electron chi connectivity index (χ1n) is 8.75. The van der Waals surface area contributed by atoms with Crippen molar-refractivity contribution in [3.8, 4) is 16.9 Å². The van der Waals surface area contributed by atoms with Gasteiger partial charge in [0.25, 0.3) is 0 Å². The van der Waals surface area contributed by atoms with Gasteiger partial charge in [-0.15, -0.1) is 0 Å². The summed E-state index contributed by atoms with van der Waals surface area (Å²) in [5, 5.41) is 2.87. The van der Waals surface area contributed by atoms with Crippen molar-refractivity contribution in [2.75, 3.05) is 6.61 Å². The van der Waals surface area contributed by atoms with Crippen molar-refractivity contribution in [3.63, 3.8) is 0 Å². The SMILES string of the molecule is Clc1cc(OCCc2ccccc2)c2ccc(-c3ccccc3)cc2c1. The highest BCUT2D eigenvalue weighted by Gasteiger charge is 2.07. The van der Waals surface area contributed by atoms with Gasteiger partial charge in [-0.05, 0) is 40.3 Å². The monoisotopic (exact) mass is 358 g/mol. The summed E-state index contributed by atoms with van der Waals surface area (Å²) >= 11 is 6.34. The minimum absolute atomic E-state index is 0.625. The maximum Gasteiger partial charge on any atom is 0.128 e. The second-order valence-corrected chi connectivity index (χ2v) is 6.73. The number of hydrogen-bond acceptors (Lipinski definition) is 1. The third kappa shape index (κ3) is 3.74. The van der Waals surface area contributed by atoms with Gasteiger partial charge in [0.05, 0.1) is 6.61 Å². The largest absolute Gasteiger partial charge is 0.493 e. The van der Waals surface area contributed by atoms with E-state index < -0.39 is 0 Å². The third-order valence-corrected chi connectivity index (χ3v) is 4.70. The zero-order valence-electron chi connectivity index (χ0n) is 14.4. The number of rotatable bonds is 5.